The molecular formula is C18H30N2O6. The van der Waals surface area contributed by atoms with Crippen LogP contribution in [0.1, 0.15) is 46.5 Å². The van der Waals surface area contributed by atoms with Crippen LogP contribution in [0.2, 0.25) is 0 Å². The van der Waals surface area contributed by atoms with Crippen molar-refractivity contribution in [2.45, 2.75) is 70.3 Å². The quantitative estimate of drug-likeness (QED) is 0.791. The van der Waals surface area contributed by atoms with E-state index in [2.05, 4.69) is 5.32 Å². The lowest BCUT2D eigenvalue weighted by Crippen LogP contribution is -2.51. The molecule has 1 saturated carbocycles. The van der Waals surface area contributed by atoms with E-state index in [0.29, 0.717) is 26.3 Å². The van der Waals surface area contributed by atoms with Crippen molar-refractivity contribution in [3.8, 4) is 0 Å². The summed E-state index contributed by atoms with van der Waals surface area (Å²) in [4.78, 5) is 25.0. The van der Waals surface area contributed by atoms with Crippen molar-refractivity contribution in [1.29, 1.82) is 0 Å². The number of piperidine rings is 1. The molecule has 148 valence electrons. The van der Waals surface area contributed by atoms with E-state index in [0.717, 1.165) is 25.7 Å². The van der Waals surface area contributed by atoms with E-state index in [4.69, 9.17) is 14.2 Å². The maximum atomic E-state index is 12.3. The molecular weight excluding hydrogens is 340 g/mol. The Morgan fingerprint density at radius 2 is 1.85 bits per heavy atom. The van der Waals surface area contributed by atoms with Gasteiger partial charge in [-0.3, -0.25) is 0 Å². The number of rotatable bonds is 3. The van der Waals surface area contributed by atoms with Gasteiger partial charge in [-0.2, -0.15) is 0 Å². The summed E-state index contributed by atoms with van der Waals surface area (Å²) in [5.74, 6) is 0. The minimum absolute atomic E-state index is 0.0558. The fraction of sp³-hybridized carbons (Fsp3) is 0.889. The number of nitrogens with zero attached hydrogens (tertiary/aromatic N) is 1. The zero-order valence-corrected chi connectivity index (χ0v) is 15.8. The van der Waals surface area contributed by atoms with E-state index in [-0.39, 0.29) is 23.7 Å². The highest BCUT2D eigenvalue weighted by atomic mass is 16.6. The van der Waals surface area contributed by atoms with Crippen molar-refractivity contribution in [2.75, 3.05) is 26.3 Å². The Hall–Kier alpha value is -1.54. The molecule has 2 saturated heterocycles. The molecule has 1 aliphatic carbocycles. The molecule has 8 nitrogen and oxygen atoms in total. The number of nitrogens with one attached hydrogen (secondary N) is 1. The van der Waals surface area contributed by atoms with Gasteiger partial charge < -0.3 is 29.5 Å². The monoisotopic (exact) mass is 370 g/mol. The SMILES string of the molecule is CC(C)(C)OC(=O)N[C@@H]1C[C@H](OC2COC2)CC12CCN(C(=O)O)CC2. The lowest BCUT2D eigenvalue weighted by molar-refractivity contribution is -0.154. The smallest absolute Gasteiger partial charge is 0.407 e. The van der Waals surface area contributed by atoms with Gasteiger partial charge in [-0.25, -0.2) is 9.59 Å². The molecule has 8 heteroatoms. The summed E-state index contributed by atoms with van der Waals surface area (Å²) in [6.07, 6.45) is 1.89. The molecule has 2 N–H and O–H groups in total. The lowest BCUT2D eigenvalue weighted by Gasteiger charge is -2.42. The fourth-order valence-electron chi connectivity index (χ4n) is 4.22. The Balaban J connectivity index is 1.66. The van der Waals surface area contributed by atoms with Gasteiger partial charge in [0.25, 0.3) is 0 Å². The fourth-order valence-corrected chi connectivity index (χ4v) is 4.22. The molecule has 0 aromatic carbocycles. The highest BCUT2D eigenvalue weighted by Crippen LogP contribution is 2.48. The van der Waals surface area contributed by atoms with Crippen LogP contribution in [-0.2, 0) is 14.2 Å². The number of carboxylic acid groups (broad SMARTS) is 1. The molecule has 0 aromatic heterocycles. The molecule has 2 heterocycles. The van der Waals surface area contributed by atoms with Crippen LogP contribution in [0.25, 0.3) is 0 Å². The standard InChI is InChI=1S/C18H30N2O6/c1-17(2,3)26-15(21)19-14-8-12(25-13-10-24-11-13)9-18(14)4-6-20(7-5-18)16(22)23/h12-14H,4-11H2,1-3H3,(H,19,21)(H,22,23)/t12-,14+/m0/s1. The first kappa shape index (κ1) is 19.2. The number of likely N-dealkylation sites (tertiary alicyclic amines) is 1. The molecule has 3 fully saturated rings. The minimum Gasteiger partial charge on any atom is -0.465 e. The van der Waals surface area contributed by atoms with E-state index >= 15 is 0 Å². The molecule has 2 aliphatic heterocycles. The molecule has 0 radical (unpaired) electrons. The molecule has 0 aromatic rings. The van der Waals surface area contributed by atoms with Gasteiger partial charge in [-0.15, -0.1) is 0 Å². The number of ether oxygens (including phenoxy) is 3. The van der Waals surface area contributed by atoms with Crippen molar-refractivity contribution in [1.82, 2.24) is 10.2 Å². The van der Waals surface area contributed by atoms with E-state index in [1.807, 2.05) is 20.8 Å². The third-order valence-corrected chi connectivity index (χ3v) is 5.59. The van der Waals surface area contributed by atoms with E-state index in [9.17, 15) is 14.7 Å². The third kappa shape index (κ3) is 4.40. The Bertz CT molecular complexity index is 534. The van der Waals surface area contributed by atoms with Crippen molar-refractivity contribution in [3.63, 3.8) is 0 Å². The predicted octanol–water partition coefficient (Wildman–Crippen LogP) is 2.22. The summed E-state index contributed by atoms with van der Waals surface area (Å²) in [7, 11) is 0. The molecule has 1 spiro atoms. The summed E-state index contributed by atoms with van der Waals surface area (Å²) in [6, 6.07) is -0.0701. The van der Waals surface area contributed by atoms with Crippen LogP contribution in [0.4, 0.5) is 9.59 Å². The summed E-state index contributed by atoms with van der Waals surface area (Å²) < 4.78 is 16.7. The van der Waals surface area contributed by atoms with Crippen molar-refractivity contribution in [3.05, 3.63) is 0 Å². The van der Waals surface area contributed by atoms with Gasteiger partial charge in [0.2, 0.25) is 0 Å². The summed E-state index contributed by atoms with van der Waals surface area (Å²) in [5.41, 5.74) is -0.695. The van der Waals surface area contributed by atoms with Gasteiger partial charge in [-0.05, 0) is 51.9 Å². The first-order valence-corrected chi connectivity index (χ1v) is 9.37. The van der Waals surface area contributed by atoms with E-state index < -0.39 is 17.8 Å². The zero-order chi connectivity index (χ0) is 18.9. The molecule has 2 amide bonds. The largest absolute Gasteiger partial charge is 0.465 e. The van der Waals surface area contributed by atoms with E-state index in [1.54, 1.807) is 0 Å². The van der Waals surface area contributed by atoms with Crippen LogP contribution < -0.4 is 5.32 Å². The summed E-state index contributed by atoms with van der Waals surface area (Å²) >= 11 is 0. The highest BCUT2D eigenvalue weighted by Gasteiger charge is 2.51. The molecule has 2 atom stereocenters. The normalized spacial score (nSPS) is 28.7. The number of hydrogen-bond acceptors (Lipinski definition) is 5. The topological polar surface area (TPSA) is 97.3 Å². The first-order chi connectivity index (χ1) is 12.2. The average molecular weight is 370 g/mol. The van der Waals surface area contributed by atoms with Gasteiger partial charge >= 0.3 is 12.2 Å². The second-order valence-corrected chi connectivity index (χ2v) is 8.69. The number of hydrogen-bond donors (Lipinski definition) is 2. The number of alkyl carbamates (subject to hydrolysis) is 1. The first-order valence-electron chi connectivity index (χ1n) is 9.37. The Labute approximate surface area is 154 Å². The van der Waals surface area contributed by atoms with Crippen molar-refractivity contribution < 1.29 is 28.9 Å². The molecule has 26 heavy (non-hydrogen) atoms. The van der Waals surface area contributed by atoms with E-state index in [1.165, 1.54) is 4.90 Å². The van der Waals surface area contributed by atoms with Crippen LogP contribution in [0.15, 0.2) is 0 Å². The molecule has 0 unspecified atom stereocenters. The zero-order valence-electron chi connectivity index (χ0n) is 15.8. The number of amides is 2. The highest BCUT2D eigenvalue weighted by molar-refractivity contribution is 5.68. The van der Waals surface area contributed by atoms with Crippen molar-refractivity contribution >= 4 is 12.2 Å². The molecule has 3 aliphatic rings. The maximum absolute atomic E-state index is 12.3. The summed E-state index contributed by atoms with van der Waals surface area (Å²) in [5, 5.41) is 12.3. The third-order valence-electron chi connectivity index (χ3n) is 5.59. The predicted molar refractivity (Wildman–Crippen MR) is 93.1 cm³/mol. The number of carbonyl (C=O) groups excluding carboxylic acids is 1. The van der Waals surface area contributed by atoms with Crippen molar-refractivity contribution in [2.24, 2.45) is 5.41 Å². The lowest BCUT2D eigenvalue weighted by atomic mass is 9.74. The van der Waals surface area contributed by atoms with Crippen LogP contribution >= 0.6 is 0 Å². The van der Waals surface area contributed by atoms with Crippen LogP contribution in [0, 0.1) is 5.41 Å². The Morgan fingerprint density at radius 3 is 2.35 bits per heavy atom. The van der Waals surface area contributed by atoms with Crippen LogP contribution in [0.3, 0.4) is 0 Å². The van der Waals surface area contributed by atoms with Gasteiger partial charge in [0.05, 0.1) is 19.3 Å². The molecule has 0 bridgehead atoms. The minimum atomic E-state index is -0.881. The Kier molecular flexibility index (Phi) is 5.35. The second kappa shape index (κ2) is 7.23. The summed E-state index contributed by atoms with van der Waals surface area (Å²) in [6.45, 7) is 7.74. The Morgan fingerprint density at radius 1 is 1.19 bits per heavy atom. The average Bonchev–Trinajstić information content (AvgIpc) is 2.79. The van der Waals surface area contributed by atoms with Gasteiger partial charge in [-0.1, -0.05) is 0 Å². The van der Waals surface area contributed by atoms with Gasteiger partial charge in [0.1, 0.15) is 11.7 Å². The van der Waals surface area contributed by atoms with Gasteiger partial charge in [0.15, 0.2) is 0 Å². The maximum Gasteiger partial charge on any atom is 0.407 e. The van der Waals surface area contributed by atoms with Crippen LogP contribution in [0.5, 0.6) is 0 Å². The van der Waals surface area contributed by atoms with Crippen LogP contribution in [-0.4, -0.2) is 72.3 Å². The van der Waals surface area contributed by atoms with Gasteiger partial charge in [0, 0.05) is 19.1 Å². The second-order valence-electron chi connectivity index (χ2n) is 8.69. The molecule has 3 rings (SSSR count). The number of carbonyl (C=O) groups is 2.